The maximum absolute atomic E-state index is 13.8. The molecule has 320 valence electrons. The number of carbonyl (C=O) groups excluding carboxylic acids is 2. The van der Waals surface area contributed by atoms with Gasteiger partial charge in [0.1, 0.15) is 6.04 Å². The average molecular weight is 870 g/mol. The fourth-order valence-electron chi connectivity index (χ4n) is 7.37. The van der Waals surface area contributed by atoms with E-state index >= 15 is 0 Å². The van der Waals surface area contributed by atoms with Crippen LogP contribution in [0.1, 0.15) is 59.6 Å². The Hall–Kier alpha value is -5.60. The quantitative estimate of drug-likeness (QED) is 0.0707. The molecule has 0 aromatic heterocycles. The van der Waals surface area contributed by atoms with Gasteiger partial charge in [0.2, 0.25) is 21.8 Å². The number of anilines is 1. The Morgan fingerprint density at radius 3 is 2.11 bits per heavy atom. The number of benzene rings is 6. The standard InChI is InChI=1S/C50H51N3O7S2/c1-33-15-25-45(26-16-33)62(57,58)53-46(28-36-9-5-4-6-10-36)49(56)51-30-38-11-7-12-40(27-38)41-13-8-14-42(29-41)50-59-47(32-61-44-23-21-43(22-24-44)52-35(3)55)34(2)48(60-50)39-19-17-37(31-54)18-20-39/h4-27,29,34,46-48,50,53-54H,28,30-32H2,1-3H3,(H,51,56)(H,52,55)/t34-,46+,47+,48+,50+/m0/s1. The van der Waals surface area contributed by atoms with Crippen LogP contribution in [0.15, 0.2) is 161 Å². The van der Waals surface area contributed by atoms with E-state index in [2.05, 4.69) is 28.3 Å². The van der Waals surface area contributed by atoms with Gasteiger partial charge in [-0.15, -0.1) is 11.8 Å². The summed E-state index contributed by atoms with van der Waals surface area (Å²) in [5, 5.41) is 15.5. The van der Waals surface area contributed by atoms with E-state index in [0.717, 1.165) is 55.1 Å². The summed E-state index contributed by atoms with van der Waals surface area (Å²) in [6.07, 6.45) is -0.958. The minimum absolute atomic E-state index is 0.00217. The van der Waals surface area contributed by atoms with Crippen LogP contribution in [0.5, 0.6) is 0 Å². The molecule has 5 atom stereocenters. The number of amides is 2. The van der Waals surface area contributed by atoms with Crippen LogP contribution in [0, 0.1) is 12.8 Å². The molecule has 0 unspecified atom stereocenters. The van der Waals surface area contributed by atoms with Gasteiger partial charge in [-0.3, -0.25) is 9.59 Å². The van der Waals surface area contributed by atoms with Crippen molar-refractivity contribution in [1.29, 1.82) is 0 Å². The van der Waals surface area contributed by atoms with Crippen LogP contribution in [0.25, 0.3) is 11.1 Å². The molecule has 1 saturated heterocycles. The highest BCUT2D eigenvalue weighted by atomic mass is 32.2. The number of thioether (sulfide) groups is 1. The van der Waals surface area contributed by atoms with Crippen LogP contribution in [0.3, 0.4) is 0 Å². The van der Waals surface area contributed by atoms with Crippen molar-refractivity contribution in [1.82, 2.24) is 10.0 Å². The van der Waals surface area contributed by atoms with Gasteiger partial charge in [-0.25, -0.2) is 8.42 Å². The third kappa shape index (κ3) is 11.6. The molecule has 10 nitrogen and oxygen atoms in total. The van der Waals surface area contributed by atoms with Crippen LogP contribution in [0.4, 0.5) is 5.69 Å². The summed E-state index contributed by atoms with van der Waals surface area (Å²) in [6.45, 7) is 5.64. The van der Waals surface area contributed by atoms with E-state index in [1.807, 2.05) is 128 Å². The van der Waals surface area contributed by atoms with Crippen molar-refractivity contribution < 1.29 is 32.6 Å². The van der Waals surface area contributed by atoms with E-state index in [0.29, 0.717) is 5.75 Å². The second-order valence-corrected chi connectivity index (χ2v) is 18.4. The van der Waals surface area contributed by atoms with Gasteiger partial charge >= 0.3 is 0 Å². The summed E-state index contributed by atoms with van der Waals surface area (Å²) in [7, 11) is -3.98. The van der Waals surface area contributed by atoms with Gasteiger partial charge in [0.15, 0.2) is 6.29 Å². The number of aliphatic hydroxyl groups is 1. The molecule has 7 rings (SSSR count). The number of ether oxygens (including phenoxy) is 2. The molecular weight excluding hydrogens is 819 g/mol. The highest BCUT2D eigenvalue weighted by Crippen LogP contribution is 2.43. The van der Waals surface area contributed by atoms with Crippen molar-refractivity contribution in [2.24, 2.45) is 5.92 Å². The van der Waals surface area contributed by atoms with Gasteiger partial charge in [0.25, 0.3) is 0 Å². The summed E-state index contributed by atoms with van der Waals surface area (Å²) in [4.78, 5) is 26.4. The molecule has 62 heavy (non-hydrogen) atoms. The first kappa shape index (κ1) is 44.5. The first-order valence-corrected chi connectivity index (χ1v) is 23.0. The zero-order valence-electron chi connectivity index (χ0n) is 34.9. The fraction of sp³-hybridized carbons (Fsp3) is 0.240. The van der Waals surface area contributed by atoms with Gasteiger partial charge in [-0.1, -0.05) is 116 Å². The predicted molar refractivity (Wildman–Crippen MR) is 244 cm³/mol. The van der Waals surface area contributed by atoms with Crippen molar-refractivity contribution in [3.8, 4) is 11.1 Å². The van der Waals surface area contributed by atoms with E-state index in [4.69, 9.17) is 9.47 Å². The van der Waals surface area contributed by atoms with Gasteiger partial charge in [0, 0.05) is 41.3 Å². The molecule has 0 bridgehead atoms. The summed E-state index contributed by atoms with van der Waals surface area (Å²) in [5.74, 6) is 0.108. The number of hydrogen-bond acceptors (Lipinski definition) is 8. The van der Waals surface area contributed by atoms with Gasteiger partial charge in [-0.05, 0) is 95.3 Å². The third-order valence-electron chi connectivity index (χ3n) is 10.8. The number of aliphatic hydroxyl groups excluding tert-OH is 1. The molecule has 0 aliphatic carbocycles. The summed E-state index contributed by atoms with van der Waals surface area (Å²) < 4.78 is 43.0. The average Bonchev–Trinajstić information content (AvgIpc) is 3.28. The lowest BCUT2D eigenvalue weighted by atomic mass is 9.91. The topological polar surface area (TPSA) is 143 Å². The molecule has 0 spiro atoms. The zero-order valence-corrected chi connectivity index (χ0v) is 36.5. The molecule has 0 radical (unpaired) electrons. The van der Waals surface area contributed by atoms with E-state index in [1.54, 1.807) is 23.9 Å². The minimum atomic E-state index is -3.98. The smallest absolute Gasteiger partial charge is 0.241 e. The molecule has 4 N–H and O–H groups in total. The lowest BCUT2D eigenvalue weighted by Crippen LogP contribution is -2.47. The summed E-state index contributed by atoms with van der Waals surface area (Å²) in [5.41, 5.74) is 7.87. The Balaban J connectivity index is 1.07. The van der Waals surface area contributed by atoms with Crippen molar-refractivity contribution >= 4 is 39.3 Å². The Morgan fingerprint density at radius 1 is 0.742 bits per heavy atom. The second kappa shape index (κ2) is 20.5. The monoisotopic (exact) mass is 869 g/mol. The first-order valence-electron chi connectivity index (χ1n) is 20.5. The third-order valence-corrected chi connectivity index (χ3v) is 13.4. The molecule has 1 heterocycles. The Bertz CT molecular complexity index is 2550. The highest BCUT2D eigenvalue weighted by molar-refractivity contribution is 7.99. The molecule has 1 fully saturated rings. The van der Waals surface area contributed by atoms with E-state index in [-0.39, 0.29) is 48.5 Å². The zero-order chi connectivity index (χ0) is 43.6. The summed E-state index contributed by atoms with van der Waals surface area (Å²) in [6, 6.07) is 46.3. The molecule has 12 heteroatoms. The van der Waals surface area contributed by atoms with E-state index in [1.165, 1.54) is 19.1 Å². The first-order chi connectivity index (χ1) is 29.9. The van der Waals surface area contributed by atoms with E-state index in [9.17, 15) is 23.1 Å². The van der Waals surface area contributed by atoms with Crippen LogP contribution >= 0.6 is 11.8 Å². The lowest BCUT2D eigenvalue weighted by Gasteiger charge is -2.41. The second-order valence-electron chi connectivity index (χ2n) is 15.6. The van der Waals surface area contributed by atoms with Crippen molar-refractivity contribution in [3.63, 3.8) is 0 Å². The number of hydrogen-bond donors (Lipinski definition) is 4. The lowest BCUT2D eigenvalue weighted by molar-refractivity contribution is -0.268. The predicted octanol–water partition coefficient (Wildman–Crippen LogP) is 8.90. The highest BCUT2D eigenvalue weighted by Gasteiger charge is 2.38. The fourth-order valence-corrected chi connectivity index (χ4v) is 9.64. The molecule has 2 amide bonds. The van der Waals surface area contributed by atoms with Crippen LogP contribution in [-0.2, 0) is 48.7 Å². The molecular formula is C50H51N3O7S2. The van der Waals surface area contributed by atoms with Crippen molar-refractivity contribution in [2.75, 3.05) is 11.1 Å². The molecule has 6 aromatic carbocycles. The maximum Gasteiger partial charge on any atom is 0.241 e. The SMILES string of the molecule is CC(=O)Nc1ccc(SC[C@H]2O[C@@H](c3cccc(-c4cccc(CNC(=O)[C@@H](Cc5ccccc5)NS(=O)(=O)c5ccc(C)cc5)c4)c3)O[C@@H](c3ccc(CO)cc3)[C@H]2C)cc1. The van der Waals surface area contributed by atoms with E-state index < -0.39 is 28.3 Å². The number of nitrogens with one attached hydrogen (secondary N) is 3. The molecule has 0 saturated carbocycles. The number of sulfonamides is 1. The maximum atomic E-state index is 13.8. The number of aryl methyl sites for hydroxylation is 1. The molecule has 1 aliphatic heterocycles. The van der Waals surface area contributed by atoms with Gasteiger partial charge < -0.3 is 25.2 Å². The summed E-state index contributed by atoms with van der Waals surface area (Å²) >= 11 is 1.68. The molecule has 6 aromatic rings. The normalized spacial score (nSPS) is 18.1. The Labute approximate surface area is 368 Å². The number of carbonyl (C=O) groups is 2. The Morgan fingerprint density at radius 2 is 1.42 bits per heavy atom. The van der Waals surface area contributed by atoms with Gasteiger partial charge in [0.05, 0.1) is 23.7 Å². The van der Waals surface area contributed by atoms with Crippen molar-refractivity contribution in [3.05, 3.63) is 185 Å². The molecule has 1 aliphatic rings. The minimum Gasteiger partial charge on any atom is -0.392 e. The number of rotatable bonds is 16. The Kier molecular flexibility index (Phi) is 14.7. The largest absolute Gasteiger partial charge is 0.392 e. The van der Waals surface area contributed by atoms with Gasteiger partial charge in [-0.2, -0.15) is 4.72 Å². The van der Waals surface area contributed by atoms with Crippen molar-refractivity contribution in [2.45, 2.75) is 74.7 Å². The van der Waals surface area contributed by atoms with Crippen LogP contribution in [0.2, 0.25) is 0 Å². The van der Waals surface area contributed by atoms with Crippen LogP contribution in [-0.4, -0.2) is 43.2 Å². The van der Waals surface area contributed by atoms with Crippen LogP contribution < -0.4 is 15.4 Å².